The van der Waals surface area contributed by atoms with Crippen LogP contribution < -0.4 is 11.1 Å². The highest BCUT2D eigenvalue weighted by molar-refractivity contribution is 8.66. The highest BCUT2D eigenvalue weighted by Crippen LogP contribution is 2.34. The summed E-state index contributed by atoms with van der Waals surface area (Å²) in [5, 5.41) is 5.21. The molecule has 3 rings (SSSR count). The van der Waals surface area contributed by atoms with Gasteiger partial charge in [-0.25, -0.2) is 0 Å². The minimum Gasteiger partial charge on any atom is -0.384 e. The zero-order chi connectivity index (χ0) is 21.7. The van der Waals surface area contributed by atoms with Gasteiger partial charge < -0.3 is 15.5 Å². The number of thiol groups is 1. The molecule has 0 saturated carbocycles. The first-order valence-electron chi connectivity index (χ1n) is 10.3. The molecule has 2 aromatic carbocycles. The number of benzene rings is 2. The summed E-state index contributed by atoms with van der Waals surface area (Å²) in [5.41, 5.74) is 7.72. The third-order valence-corrected chi connectivity index (χ3v) is 7.66. The van der Waals surface area contributed by atoms with Gasteiger partial charge in [-0.15, -0.1) is 0 Å². The molecule has 0 unspecified atom stereocenters. The zero-order valence-electron chi connectivity index (χ0n) is 18.0. The Morgan fingerprint density at radius 3 is 2.53 bits per heavy atom. The fourth-order valence-corrected chi connectivity index (χ4v) is 5.56. The molecule has 0 aromatic heterocycles. The van der Waals surface area contributed by atoms with Gasteiger partial charge in [0.25, 0.3) is 11.8 Å². The van der Waals surface area contributed by atoms with Crippen LogP contribution in [0.4, 0.5) is 5.69 Å². The molecule has 6 nitrogen and oxygen atoms in total. The van der Waals surface area contributed by atoms with Crippen molar-refractivity contribution >= 4 is 49.9 Å². The van der Waals surface area contributed by atoms with Crippen molar-refractivity contribution in [1.82, 2.24) is 4.90 Å². The van der Waals surface area contributed by atoms with E-state index < -0.39 is 0 Å². The molecule has 1 aliphatic heterocycles. The van der Waals surface area contributed by atoms with Gasteiger partial charge in [0.05, 0.1) is 44.2 Å². The Hall–Kier alpha value is -1.74. The number of anilines is 1. The highest BCUT2D eigenvalue weighted by atomic mass is 33.1. The first-order chi connectivity index (χ1) is 14.3. The Bertz CT molecular complexity index is 905. The minimum absolute atomic E-state index is 0.198. The van der Waals surface area contributed by atoms with Gasteiger partial charge in [-0.1, -0.05) is 12.1 Å². The molecule has 8 heteroatoms. The normalized spacial score (nSPS) is 13.9. The van der Waals surface area contributed by atoms with Crippen molar-refractivity contribution in [3.8, 4) is 0 Å². The summed E-state index contributed by atoms with van der Waals surface area (Å²) in [4.78, 5) is 27.5. The molecule has 0 bridgehead atoms. The number of imide groups is 1. The van der Waals surface area contributed by atoms with Gasteiger partial charge in [-0.3, -0.25) is 14.5 Å². The van der Waals surface area contributed by atoms with E-state index in [-0.39, 0.29) is 11.8 Å². The summed E-state index contributed by atoms with van der Waals surface area (Å²) in [6.45, 7) is 2.99. The summed E-state index contributed by atoms with van der Waals surface area (Å²) in [5.74, 6) is 1.24. The molecular weight excluding hydrogens is 416 g/mol. The number of rotatable bonds is 11. The third kappa shape index (κ3) is 5.29. The molecule has 2 aromatic rings. The number of nitrogens with zero attached hydrogens (tertiary/aromatic N) is 2. The predicted octanol–water partition coefficient (Wildman–Crippen LogP) is 2.37. The molecule has 0 radical (unpaired) electrons. The van der Waals surface area contributed by atoms with Crippen LogP contribution in [0.5, 0.6) is 0 Å². The molecule has 0 spiro atoms. The van der Waals surface area contributed by atoms with Crippen LogP contribution in [0.3, 0.4) is 0 Å². The second-order valence-electron chi connectivity index (χ2n) is 8.42. The van der Waals surface area contributed by atoms with Crippen LogP contribution in [0, 0.1) is 0 Å². The molecule has 0 aliphatic carbocycles. The van der Waals surface area contributed by atoms with Gasteiger partial charge in [-0.2, -0.15) is 0 Å². The van der Waals surface area contributed by atoms with Crippen molar-refractivity contribution in [2.45, 2.75) is 6.42 Å². The molecule has 30 heavy (non-hydrogen) atoms. The van der Waals surface area contributed by atoms with Crippen molar-refractivity contribution in [3.63, 3.8) is 0 Å². The van der Waals surface area contributed by atoms with E-state index in [0.29, 0.717) is 24.2 Å². The third-order valence-electron chi connectivity index (χ3n) is 5.03. The summed E-state index contributed by atoms with van der Waals surface area (Å²) >= 11 is 0. The summed E-state index contributed by atoms with van der Waals surface area (Å²) in [7, 11) is 9.43. The van der Waals surface area contributed by atoms with E-state index in [0.717, 1.165) is 52.0 Å². The Morgan fingerprint density at radius 1 is 1.10 bits per heavy atom. The minimum atomic E-state index is -0.198. The highest BCUT2D eigenvalue weighted by Gasteiger charge is 2.33. The van der Waals surface area contributed by atoms with E-state index in [1.807, 2.05) is 30.3 Å². The number of carbonyl (C=O) groups excluding carboxylic acids is 2. The van der Waals surface area contributed by atoms with Crippen LogP contribution in [0.15, 0.2) is 30.3 Å². The van der Waals surface area contributed by atoms with Crippen LogP contribution in [0.2, 0.25) is 0 Å². The first kappa shape index (κ1) is 22.9. The Morgan fingerprint density at radius 2 is 1.83 bits per heavy atom. The van der Waals surface area contributed by atoms with Crippen LogP contribution in [0.25, 0.3) is 10.8 Å². The topological polar surface area (TPSA) is 75.4 Å². The fourth-order valence-electron chi connectivity index (χ4n) is 3.59. The Kier molecular flexibility index (Phi) is 7.68. The van der Waals surface area contributed by atoms with Crippen molar-refractivity contribution in [2.75, 3.05) is 64.1 Å². The SMILES string of the molecule is C[N+](C)(C)CCCNc1ccc2c3c(cccc13)C(=O)N(CCS[SH+]CCN)C2=O. The molecular formula is C22H32N4O2S2+2. The second-order valence-corrected chi connectivity index (χ2v) is 11.3. The van der Waals surface area contributed by atoms with Crippen molar-refractivity contribution in [1.29, 1.82) is 0 Å². The molecule has 3 N–H and O–H groups in total. The molecule has 2 amide bonds. The van der Waals surface area contributed by atoms with Crippen molar-refractivity contribution < 1.29 is 14.1 Å². The number of nitrogens with one attached hydrogen (secondary N) is 1. The van der Waals surface area contributed by atoms with E-state index >= 15 is 0 Å². The largest absolute Gasteiger partial charge is 0.384 e. The summed E-state index contributed by atoms with van der Waals surface area (Å²) < 4.78 is 0.925. The van der Waals surface area contributed by atoms with Gasteiger partial charge >= 0.3 is 0 Å². The van der Waals surface area contributed by atoms with Gasteiger partial charge in [0, 0.05) is 64.4 Å². The lowest BCUT2D eigenvalue weighted by molar-refractivity contribution is -0.870. The van der Waals surface area contributed by atoms with E-state index in [1.165, 1.54) is 15.7 Å². The number of amides is 2. The molecule has 0 atom stereocenters. The average Bonchev–Trinajstić information content (AvgIpc) is 2.71. The molecule has 1 heterocycles. The lowest BCUT2D eigenvalue weighted by Gasteiger charge is -2.27. The average molecular weight is 449 g/mol. The monoisotopic (exact) mass is 448 g/mol. The maximum Gasteiger partial charge on any atom is 0.261 e. The molecule has 162 valence electrons. The van der Waals surface area contributed by atoms with E-state index in [2.05, 4.69) is 26.5 Å². The lowest BCUT2D eigenvalue weighted by atomic mass is 9.93. The van der Waals surface area contributed by atoms with Crippen LogP contribution in [-0.2, 0) is 10.8 Å². The van der Waals surface area contributed by atoms with Crippen LogP contribution in [-0.4, -0.2) is 80.0 Å². The standard InChI is InChI=1S/C22H30N4O2S2/c1-26(2,3)13-5-11-24-19-9-8-18-20-16(19)6-4-7-17(20)21(27)25(22(18)28)12-15-30-29-14-10-23/h4,6-9H,5,10-15,23H2,1-3H3/p+2. The van der Waals surface area contributed by atoms with Gasteiger partial charge in [-0.05, 0) is 18.2 Å². The Balaban J connectivity index is 1.78. The van der Waals surface area contributed by atoms with E-state index in [1.54, 1.807) is 10.8 Å². The maximum atomic E-state index is 13.1. The zero-order valence-corrected chi connectivity index (χ0v) is 19.7. The van der Waals surface area contributed by atoms with Gasteiger partial charge in [0.15, 0.2) is 0 Å². The predicted molar refractivity (Wildman–Crippen MR) is 130 cm³/mol. The van der Waals surface area contributed by atoms with Crippen molar-refractivity contribution in [3.05, 3.63) is 41.5 Å². The lowest BCUT2D eigenvalue weighted by Crippen LogP contribution is -2.41. The number of carbonyl (C=O) groups is 2. The first-order valence-corrected chi connectivity index (χ1v) is 13.0. The van der Waals surface area contributed by atoms with Crippen LogP contribution >= 0.6 is 10.8 Å². The number of nitrogens with two attached hydrogens (primary N) is 1. The number of hydrogen-bond acceptors (Lipinski definition) is 5. The quantitative estimate of drug-likeness (QED) is 0.138. The molecule has 1 aliphatic rings. The summed E-state index contributed by atoms with van der Waals surface area (Å²) in [6.07, 6.45) is 1.04. The Labute approximate surface area is 186 Å². The van der Waals surface area contributed by atoms with E-state index in [9.17, 15) is 9.59 Å². The van der Waals surface area contributed by atoms with Gasteiger partial charge in [0.2, 0.25) is 0 Å². The molecule has 0 saturated heterocycles. The molecule has 0 fully saturated rings. The number of quaternary nitrogens is 1. The fraction of sp³-hybridized carbons (Fsp3) is 0.455. The summed E-state index contributed by atoms with van der Waals surface area (Å²) in [6, 6.07) is 9.54. The van der Waals surface area contributed by atoms with Crippen LogP contribution in [0.1, 0.15) is 27.1 Å². The maximum absolute atomic E-state index is 13.1. The van der Waals surface area contributed by atoms with Crippen molar-refractivity contribution in [2.24, 2.45) is 5.73 Å². The van der Waals surface area contributed by atoms with E-state index in [4.69, 9.17) is 5.73 Å². The smallest absolute Gasteiger partial charge is 0.261 e. The number of hydrogen-bond donors (Lipinski definition) is 2. The van der Waals surface area contributed by atoms with Gasteiger partial charge in [0.1, 0.15) is 5.75 Å². The second kappa shape index (κ2) is 10.0.